The van der Waals surface area contributed by atoms with Gasteiger partial charge in [0.05, 0.1) is 6.61 Å². The maximum absolute atomic E-state index is 13.5. The predicted molar refractivity (Wildman–Crippen MR) is 110 cm³/mol. The summed E-state index contributed by atoms with van der Waals surface area (Å²) in [5.74, 6) is 0.151. The molecule has 2 aromatic carbocycles. The Morgan fingerprint density at radius 2 is 1.97 bits per heavy atom. The molecule has 0 heterocycles. The third-order valence-corrected chi connectivity index (χ3v) is 3.91. The van der Waals surface area contributed by atoms with Crippen molar-refractivity contribution in [2.75, 3.05) is 38.2 Å². The fourth-order valence-electron chi connectivity index (χ4n) is 2.49. The fourth-order valence-corrected chi connectivity index (χ4v) is 2.49. The maximum Gasteiger partial charge on any atom is 0.319 e. The Hall–Kier alpha value is -3.35. The molecule has 8 nitrogen and oxygen atoms in total. The number of ether oxygens (including phenoxy) is 2. The minimum Gasteiger partial charge on any atom is -0.494 e. The van der Waals surface area contributed by atoms with Crippen LogP contribution < -0.4 is 25.4 Å². The van der Waals surface area contributed by atoms with E-state index in [1.807, 2.05) is 6.92 Å². The van der Waals surface area contributed by atoms with Gasteiger partial charge in [0.1, 0.15) is 41.7 Å². The summed E-state index contributed by atoms with van der Waals surface area (Å²) >= 11 is 0. The van der Waals surface area contributed by atoms with Crippen LogP contribution in [0.25, 0.3) is 0 Å². The lowest BCUT2D eigenvalue weighted by Crippen LogP contribution is -2.38. The molecule has 0 radical (unpaired) electrons. The number of aliphatic hydroxyl groups is 1. The first-order valence-corrected chi connectivity index (χ1v) is 9.51. The van der Waals surface area contributed by atoms with Gasteiger partial charge in [-0.15, -0.1) is 0 Å². The minimum absolute atomic E-state index is 0.0872. The number of rotatable bonds is 11. The number of nitrogens with zero attached hydrogens (tertiary/aromatic N) is 1. The molecule has 0 fully saturated rings. The van der Waals surface area contributed by atoms with Crippen LogP contribution in [0.2, 0.25) is 0 Å². The second kappa shape index (κ2) is 12.3. The minimum atomic E-state index is -0.863. The van der Waals surface area contributed by atoms with Gasteiger partial charge in [-0.25, -0.2) is 9.18 Å². The number of nitriles is 1. The lowest BCUT2D eigenvalue weighted by Gasteiger charge is -2.14. The van der Waals surface area contributed by atoms with Gasteiger partial charge in [-0.1, -0.05) is 6.07 Å². The van der Waals surface area contributed by atoms with Crippen LogP contribution >= 0.6 is 0 Å². The first-order valence-electron chi connectivity index (χ1n) is 9.51. The van der Waals surface area contributed by atoms with E-state index >= 15 is 0 Å². The molecule has 0 aliphatic carbocycles. The van der Waals surface area contributed by atoms with E-state index in [0.29, 0.717) is 25.4 Å². The molecule has 0 aliphatic rings. The van der Waals surface area contributed by atoms with Crippen molar-refractivity contribution >= 4 is 11.7 Å². The molecule has 0 aliphatic heterocycles. The van der Waals surface area contributed by atoms with E-state index in [2.05, 4.69) is 16.0 Å². The molecule has 9 heteroatoms. The molecule has 1 atom stereocenters. The molecule has 2 amide bonds. The second-order valence-corrected chi connectivity index (χ2v) is 6.23. The second-order valence-electron chi connectivity index (χ2n) is 6.23. The molecular weight excluding hydrogens is 391 g/mol. The highest BCUT2D eigenvalue weighted by Crippen LogP contribution is 2.20. The number of carbonyl (C=O) groups excluding carboxylic acids is 1. The summed E-state index contributed by atoms with van der Waals surface area (Å²) in [6.45, 7) is 3.35. The molecule has 160 valence electrons. The zero-order chi connectivity index (χ0) is 21.8. The summed E-state index contributed by atoms with van der Waals surface area (Å²) in [5.41, 5.74) is 0.450. The standard InChI is InChI=1S/C21H25FN4O4/c1-2-29-17-8-6-15(7-9-17)26-21(28)25-11-10-24-13-16(27)14-30-20-5-3-4-19(22)18(20)12-23/h3-9,16,24,27H,2,10-11,13-14H2,1H3,(H2,25,26,28)/t16-/m0/s1. The largest absolute Gasteiger partial charge is 0.494 e. The normalized spacial score (nSPS) is 11.3. The van der Waals surface area contributed by atoms with Gasteiger partial charge in [0.25, 0.3) is 0 Å². The van der Waals surface area contributed by atoms with Crippen molar-refractivity contribution in [3.63, 3.8) is 0 Å². The summed E-state index contributed by atoms with van der Waals surface area (Å²) in [5, 5.41) is 27.2. The van der Waals surface area contributed by atoms with Crippen LogP contribution in [0.3, 0.4) is 0 Å². The van der Waals surface area contributed by atoms with Crippen LogP contribution in [0.15, 0.2) is 42.5 Å². The summed E-state index contributed by atoms with van der Waals surface area (Å²) < 4.78 is 24.1. The lowest BCUT2D eigenvalue weighted by atomic mass is 10.2. The quantitative estimate of drug-likeness (QED) is 0.418. The van der Waals surface area contributed by atoms with E-state index in [1.54, 1.807) is 30.3 Å². The van der Waals surface area contributed by atoms with Crippen LogP contribution in [0, 0.1) is 17.1 Å². The van der Waals surface area contributed by atoms with Crippen molar-refractivity contribution < 1.29 is 23.8 Å². The van der Waals surface area contributed by atoms with Gasteiger partial charge in [0.15, 0.2) is 0 Å². The van der Waals surface area contributed by atoms with Crippen molar-refractivity contribution in [1.29, 1.82) is 5.26 Å². The van der Waals surface area contributed by atoms with Gasteiger partial charge in [-0.2, -0.15) is 5.26 Å². The Labute approximate surface area is 174 Å². The number of anilines is 1. The van der Waals surface area contributed by atoms with Crippen LogP contribution in [-0.2, 0) is 0 Å². The molecule has 4 N–H and O–H groups in total. The molecule has 0 bridgehead atoms. The molecule has 0 saturated heterocycles. The zero-order valence-corrected chi connectivity index (χ0v) is 16.7. The van der Waals surface area contributed by atoms with Gasteiger partial charge >= 0.3 is 6.03 Å². The smallest absolute Gasteiger partial charge is 0.319 e. The zero-order valence-electron chi connectivity index (χ0n) is 16.7. The van der Waals surface area contributed by atoms with Gasteiger partial charge in [-0.3, -0.25) is 0 Å². The third kappa shape index (κ3) is 7.58. The Balaban J connectivity index is 1.60. The van der Waals surface area contributed by atoms with E-state index in [4.69, 9.17) is 14.7 Å². The molecule has 0 saturated carbocycles. The van der Waals surface area contributed by atoms with Gasteiger partial charge in [0, 0.05) is 25.3 Å². The van der Waals surface area contributed by atoms with Crippen LogP contribution in [0.5, 0.6) is 11.5 Å². The highest BCUT2D eigenvalue weighted by atomic mass is 19.1. The molecule has 2 aromatic rings. The summed E-state index contributed by atoms with van der Waals surface area (Å²) in [7, 11) is 0. The average molecular weight is 416 g/mol. The first-order chi connectivity index (χ1) is 14.5. The SMILES string of the molecule is CCOc1ccc(NC(=O)NCCNC[C@H](O)COc2cccc(F)c2C#N)cc1. The topological polar surface area (TPSA) is 116 Å². The first kappa shape index (κ1) is 22.9. The molecule has 0 aromatic heterocycles. The summed E-state index contributed by atoms with van der Waals surface area (Å²) in [4.78, 5) is 11.9. The molecular formula is C21H25FN4O4. The molecule has 0 unspecified atom stereocenters. The van der Waals surface area contributed by atoms with Crippen LogP contribution in [0.1, 0.15) is 12.5 Å². The summed E-state index contributed by atoms with van der Waals surface area (Å²) in [6.07, 6.45) is -0.863. The van der Waals surface area contributed by atoms with E-state index in [1.165, 1.54) is 18.2 Å². The predicted octanol–water partition coefficient (Wildman–Crippen LogP) is 2.25. The Morgan fingerprint density at radius 1 is 1.20 bits per heavy atom. The van der Waals surface area contributed by atoms with E-state index < -0.39 is 11.9 Å². The average Bonchev–Trinajstić information content (AvgIpc) is 2.73. The van der Waals surface area contributed by atoms with E-state index in [9.17, 15) is 14.3 Å². The van der Waals surface area contributed by atoms with E-state index in [-0.39, 0.29) is 30.5 Å². The Bertz CT molecular complexity index is 855. The lowest BCUT2D eigenvalue weighted by molar-refractivity contribution is 0.106. The van der Waals surface area contributed by atoms with Crippen molar-refractivity contribution in [3.8, 4) is 17.6 Å². The number of hydrogen-bond donors (Lipinski definition) is 4. The number of carbonyl (C=O) groups is 1. The number of aliphatic hydroxyl groups excluding tert-OH is 1. The van der Waals surface area contributed by atoms with E-state index in [0.717, 1.165) is 5.75 Å². The van der Waals surface area contributed by atoms with Crippen molar-refractivity contribution in [1.82, 2.24) is 10.6 Å². The number of nitrogens with one attached hydrogen (secondary N) is 3. The van der Waals surface area contributed by atoms with Crippen molar-refractivity contribution in [2.24, 2.45) is 0 Å². The van der Waals surface area contributed by atoms with Crippen LogP contribution in [0.4, 0.5) is 14.9 Å². The number of amides is 2. The summed E-state index contributed by atoms with van der Waals surface area (Å²) in [6, 6.07) is 12.5. The monoisotopic (exact) mass is 416 g/mol. The highest BCUT2D eigenvalue weighted by molar-refractivity contribution is 5.89. The van der Waals surface area contributed by atoms with Crippen molar-refractivity contribution in [3.05, 3.63) is 53.8 Å². The fraction of sp³-hybridized carbons (Fsp3) is 0.333. The number of halogens is 1. The molecule has 30 heavy (non-hydrogen) atoms. The highest BCUT2D eigenvalue weighted by Gasteiger charge is 2.11. The number of urea groups is 1. The maximum atomic E-state index is 13.5. The number of hydrogen-bond acceptors (Lipinski definition) is 6. The van der Waals surface area contributed by atoms with Crippen molar-refractivity contribution in [2.45, 2.75) is 13.0 Å². The third-order valence-electron chi connectivity index (χ3n) is 3.91. The Morgan fingerprint density at radius 3 is 2.67 bits per heavy atom. The number of benzene rings is 2. The molecule has 0 spiro atoms. The van der Waals surface area contributed by atoms with Gasteiger partial charge < -0.3 is 30.5 Å². The van der Waals surface area contributed by atoms with Gasteiger partial charge in [-0.05, 0) is 43.3 Å². The van der Waals surface area contributed by atoms with Gasteiger partial charge in [0.2, 0.25) is 0 Å². The molecule has 2 rings (SSSR count). The Kier molecular flexibility index (Phi) is 9.37. The van der Waals surface area contributed by atoms with Crippen LogP contribution in [-0.4, -0.2) is 50.1 Å².